The summed E-state index contributed by atoms with van der Waals surface area (Å²) in [5.74, 6) is 0. The van der Waals surface area contributed by atoms with Crippen LogP contribution in [-0.2, 0) is 23.7 Å². The van der Waals surface area contributed by atoms with Crippen molar-refractivity contribution in [3.63, 3.8) is 0 Å². The Morgan fingerprint density at radius 3 is 1.16 bits per heavy atom. The normalized spacial score (nSPS) is 17.4. The summed E-state index contributed by atoms with van der Waals surface area (Å²) in [5, 5.41) is -1.87. The number of unbranched alkanes of at least 4 members (excludes halogenated alkanes) is 6. The van der Waals surface area contributed by atoms with Gasteiger partial charge in [-0.15, -0.1) is 0 Å². The minimum absolute atomic E-state index is 0.0348. The first kappa shape index (κ1) is 36.3. The number of fused-ring (bicyclic) bond motifs is 10. The molecule has 0 spiro atoms. The standard InChI is InChI=1S/C92H87BN4/c1-9-11-13-18-40-65-54-67(62-34-20-15-21-35-62)55-66(41-19-14-12-10-2)89(65)96-84-60-70(94-80-46-30-26-42-72(80)73-43-27-31-47-81(73)94)50-52-78(84)93-79-53-51-71(95-82-48-32-28-44-74(82)75-45-29-33-49-83(75)95)61-85(79)97(87-59-69(92(6,7)8)58-86(96)88(87)93)90-76(63-36-22-16-23-37-63)56-68(91(3,4)5)57-77(90)64-38-24-17-25-39-64/h15-17,20-39,42-61H,9-14,18-19,40-41H2,1-8H3/i15D,20D,21D,26D,27D,28D,29D,30D,31D,32D,33D,34D,35D,42D,43D,44D,45D,46D,47D,48D,49D,50D,51D,52D,53D,56D,57D,58D,59D,60D,61D. The fourth-order valence-corrected chi connectivity index (χ4v) is 13.9. The van der Waals surface area contributed by atoms with Crippen molar-refractivity contribution < 1.29 is 42.5 Å². The Balaban J connectivity index is 1.24. The summed E-state index contributed by atoms with van der Waals surface area (Å²) in [6, 6.07) is -2.79. The second kappa shape index (κ2) is 25.2. The van der Waals surface area contributed by atoms with Gasteiger partial charge in [-0.3, -0.25) is 0 Å². The van der Waals surface area contributed by atoms with Crippen LogP contribution in [0.5, 0.6) is 0 Å². The predicted molar refractivity (Wildman–Crippen MR) is 419 cm³/mol. The highest BCUT2D eigenvalue weighted by atomic mass is 15.2. The smallest absolute Gasteiger partial charge is 0.252 e. The molecule has 2 aromatic heterocycles. The molecule has 4 nitrogen and oxygen atoms in total. The van der Waals surface area contributed by atoms with Crippen molar-refractivity contribution in [1.82, 2.24) is 9.13 Å². The van der Waals surface area contributed by atoms with Gasteiger partial charge >= 0.3 is 0 Å². The first-order chi connectivity index (χ1) is 60.3. The second-order valence-corrected chi connectivity index (χ2v) is 27.1. The van der Waals surface area contributed by atoms with E-state index in [1.54, 1.807) is 98.5 Å². The van der Waals surface area contributed by atoms with Gasteiger partial charge in [-0.2, -0.15) is 0 Å². The van der Waals surface area contributed by atoms with Crippen molar-refractivity contribution in [2.45, 2.75) is 130 Å². The maximum atomic E-state index is 11.7. The van der Waals surface area contributed by atoms with Gasteiger partial charge in [0.15, 0.2) is 0 Å². The Kier molecular flexibility index (Phi) is 9.42. The van der Waals surface area contributed by atoms with E-state index in [9.17, 15) is 32.9 Å². The molecule has 2 aliphatic rings. The third kappa shape index (κ3) is 10.9. The lowest BCUT2D eigenvalue weighted by Gasteiger charge is -2.47. The summed E-state index contributed by atoms with van der Waals surface area (Å²) < 4.78 is 313. The van der Waals surface area contributed by atoms with E-state index in [-0.39, 0.29) is 86.5 Å². The van der Waals surface area contributed by atoms with E-state index in [1.165, 1.54) is 4.90 Å². The Hall–Kier alpha value is -10.1. The van der Waals surface area contributed by atoms with Crippen LogP contribution in [0.2, 0.25) is 0 Å². The van der Waals surface area contributed by atoms with Gasteiger partial charge in [0, 0.05) is 66.8 Å². The molecule has 12 aromatic carbocycles. The maximum absolute atomic E-state index is 11.7. The highest BCUT2D eigenvalue weighted by Gasteiger charge is 2.46. The molecule has 0 bridgehead atoms. The van der Waals surface area contributed by atoms with Gasteiger partial charge < -0.3 is 18.9 Å². The lowest BCUT2D eigenvalue weighted by atomic mass is 9.33. The van der Waals surface area contributed by atoms with Crippen LogP contribution in [0.25, 0.3) is 88.4 Å². The van der Waals surface area contributed by atoms with Crippen molar-refractivity contribution in [3.05, 3.63) is 282 Å². The molecule has 0 fully saturated rings. The molecule has 0 saturated heterocycles. The van der Waals surface area contributed by atoms with Crippen molar-refractivity contribution in [3.8, 4) is 44.8 Å². The molecule has 5 heteroatoms. The molecule has 14 aromatic rings. The highest BCUT2D eigenvalue weighted by molar-refractivity contribution is 7.00. The van der Waals surface area contributed by atoms with Crippen molar-refractivity contribution >= 4 is 101 Å². The van der Waals surface area contributed by atoms with Crippen LogP contribution in [0, 0.1) is 0 Å². The number of aryl methyl sites for hydroxylation is 2. The van der Waals surface area contributed by atoms with Crippen LogP contribution < -0.4 is 26.2 Å². The van der Waals surface area contributed by atoms with Crippen LogP contribution in [0.3, 0.4) is 0 Å². The molecule has 0 saturated carbocycles. The Morgan fingerprint density at radius 1 is 0.361 bits per heavy atom. The Morgan fingerprint density at radius 2 is 0.753 bits per heavy atom. The molecule has 0 aliphatic carbocycles. The topological polar surface area (TPSA) is 16.3 Å². The Labute approximate surface area is 618 Å². The zero-order valence-electron chi connectivity index (χ0n) is 86.4. The SMILES string of the molecule is [2H]c1c([2H])c([2H])c(-c2cc(CCCCCC)c(N3c4c([2H])c(-n5c6c([2H])c([2H])c([2H])c([2H])c6c6c([2H])c([2H])c([2H])c([2H])c65)c([2H])c([2H])c4B4c5c([2H])c([2H])c(-n6c7c([2H])c([2H])c([2H])c([2H])c7c7c([2H])c([2H])c([2H])c([2H])c76)c([2H])c5N(c5c(-c6ccccc6)c([2H])c(C(C)(C)C)c([2H])c5-c5ccccc5)c5c([2H])c(C(C)(C)C)c([2H])c3c54)c(CCCCCC)c2)c([2H])c1[2H]. The van der Waals surface area contributed by atoms with E-state index < -0.39 is 270 Å². The average Bonchev–Trinajstić information content (AvgIpc) is 0.804. The fraction of sp³-hybridized carbons (Fsp3) is 0.217. The van der Waals surface area contributed by atoms with E-state index in [1.807, 2.05) is 34.6 Å². The van der Waals surface area contributed by atoms with Gasteiger partial charge in [0.05, 0.1) is 75.9 Å². The van der Waals surface area contributed by atoms with E-state index in [4.69, 9.17) is 9.60 Å². The summed E-state index contributed by atoms with van der Waals surface area (Å²) in [7, 11) is 0. The number of hydrogen-bond donors (Lipinski definition) is 0. The maximum Gasteiger partial charge on any atom is 0.252 e. The number of para-hydroxylation sites is 4. The molecule has 0 unspecified atom stereocenters. The molecule has 0 radical (unpaired) electrons. The van der Waals surface area contributed by atoms with Crippen LogP contribution in [0.4, 0.5) is 34.1 Å². The van der Waals surface area contributed by atoms with Crippen molar-refractivity contribution in [2.75, 3.05) is 9.80 Å². The predicted octanol–water partition coefficient (Wildman–Crippen LogP) is 23.8. The van der Waals surface area contributed by atoms with Gasteiger partial charge in [0.2, 0.25) is 0 Å². The van der Waals surface area contributed by atoms with E-state index in [0.717, 1.165) is 22.0 Å². The zero-order valence-corrected chi connectivity index (χ0v) is 55.4. The average molecular weight is 1290 g/mol. The summed E-state index contributed by atoms with van der Waals surface area (Å²) in [6.07, 6.45) is 4.89. The van der Waals surface area contributed by atoms with Crippen LogP contribution in [0.15, 0.2) is 260 Å². The molecule has 0 atom stereocenters. The third-order valence-corrected chi connectivity index (χ3v) is 18.6. The van der Waals surface area contributed by atoms with Crippen LogP contribution >= 0.6 is 0 Å². The molecular weight excluding hydrogens is 1170 g/mol. The van der Waals surface area contributed by atoms with Crippen molar-refractivity contribution in [1.29, 1.82) is 0 Å². The first-order valence-electron chi connectivity index (χ1n) is 48.9. The Bertz CT molecular complexity index is 6930. The molecule has 16 rings (SSSR count). The second-order valence-electron chi connectivity index (χ2n) is 27.1. The fourth-order valence-electron chi connectivity index (χ4n) is 13.9. The summed E-state index contributed by atoms with van der Waals surface area (Å²) >= 11 is 0. The number of aromatic nitrogens is 2. The first-order valence-corrected chi connectivity index (χ1v) is 33.4. The van der Waals surface area contributed by atoms with Crippen molar-refractivity contribution in [2.24, 2.45) is 0 Å². The van der Waals surface area contributed by atoms with Crippen LogP contribution in [0.1, 0.15) is 172 Å². The number of benzene rings is 12. The van der Waals surface area contributed by atoms with E-state index in [0.29, 0.717) is 60.8 Å². The summed E-state index contributed by atoms with van der Waals surface area (Å²) in [5.41, 5.74) is -7.39. The molecule has 4 heterocycles. The number of hydrogen-bond acceptors (Lipinski definition) is 2. The highest BCUT2D eigenvalue weighted by Crippen LogP contribution is 2.54. The largest absolute Gasteiger partial charge is 0.311 e. The van der Waals surface area contributed by atoms with Gasteiger partial charge in [0.25, 0.3) is 6.71 Å². The molecule has 0 amide bonds. The van der Waals surface area contributed by atoms with Gasteiger partial charge in [-0.25, -0.2) is 0 Å². The van der Waals surface area contributed by atoms with Gasteiger partial charge in [-0.1, -0.05) is 269 Å². The molecule has 478 valence electrons. The molecule has 0 N–H and O–H groups in total. The zero-order chi connectivity index (χ0) is 93.1. The summed E-state index contributed by atoms with van der Waals surface area (Å²) in [4.78, 5) is 2.98. The van der Waals surface area contributed by atoms with Gasteiger partial charge in [-0.05, 0) is 182 Å². The molecule has 97 heavy (non-hydrogen) atoms. The minimum Gasteiger partial charge on any atom is -0.311 e. The summed E-state index contributed by atoms with van der Waals surface area (Å²) in [6.45, 7) is 12.7. The van der Waals surface area contributed by atoms with E-state index >= 15 is 0 Å². The minimum atomic E-state index is -2.05. The monoisotopic (exact) mass is 1290 g/mol. The quantitative estimate of drug-likeness (QED) is 0.0667. The van der Waals surface area contributed by atoms with Crippen LogP contribution in [-0.4, -0.2) is 15.8 Å². The number of rotatable bonds is 17. The molecule has 2 aliphatic heterocycles. The van der Waals surface area contributed by atoms with Gasteiger partial charge in [0.1, 0.15) is 0 Å². The van der Waals surface area contributed by atoms with E-state index in [2.05, 4.69) is 0 Å². The molecular formula is C92H87BN4. The number of nitrogens with zero attached hydrogens (tertiary/aromatic N) is 4. The lowest BCUT2D eigenvalue weighted by Crippen LogP contribution is -2.61. The lowest BCUT2D eigenvalue weighted by molar-refractivity contribution is 0.590. The third-order valence-electron chi connectivity index (χ3n) is 18.6. The number of anilines is 6.